The predicted octanol–water partition coefficient (Wildman–Crippen LogP) is 1.83. The fourth-order valence-electron chi connectivity index (χ4n) is 1.78. The summed E-state index contributed by atoms with van der Waals surface area (Å²) in [5.41, 5.74) is 4.72. The molecule has 6 nitrogen and oxygen atoms in total. The smallest absolute Gasteiger partial charge is 0.339 e. The van der Waals surface area contributed by atoms with Gasteiger partial charge < -0.3 is 4.74 Å². The Bertz CT molecular complexity index is 749. The van der Waals surface area contributed by atoms with Gasteiger partial charge in [0.1, 0.15) is 5.82 Å². The minimum atomic E-state index is -1.17. The van der Waals surface area contributed by atoms with Gasteiger partial charge in [0, 0.05) is 5.56 Å². The van der Waals surface area contributed by atoms with E-state index >= 15 is 0 Å². The number of benzene rings is 2. The van der Waals surface area contributed by atoms with Crippen molar-refractivity contribution in [3.05, 3.63) is 71.5 Å². The summed E-state index contributed by atoms with van der Waals surface area (Å²) in [7, 11) is 0. The molecule has 0 heterocycles. The van der Waals surface area contributed by atoms with Crippen LogP contribution in [-0.2, 0) is 9.53 Å². The minimum Gasteiger partial charge on any atom is -0.449 e. The van der Waals surface area contributed by atoms with E-state index in [4.69, 9.17) is 4.74 Å². The van der Waals surface area contributed by atoms with E-state index in [1.165, 1.54) is 25.1 Å². The largest absolute Gasteiger partial charge is 0.449 e. The molecule has 0 saturated carbocycles. The van der Waals surface area contributed by atoms with Crippen molar-refractivity contribution in [2.75, 3.05) is 0 Å². The molecule has 7 heteroatoms. The number of esters is 1. The van der Waals surface area contributed by atoms with Gasteiger partial charge in [-0.1, -0.05) is 24.3 Å². The van der Waals surface area contributed by atoms with Crippen LogP contribution in [0.15, 0.2) is 54.6 Å². The minimum absolute atomic E-state index is 0.0111. The van der Waals surface area contributed by atoms with E-state index in [0.717, 1.165) is 6.07 Å². The van der Waals surface area contributed by atoms with Crippen LogP contribution in [0.1, 0.15) is 27.6 Å². The summed E-state index contributed by atoms with van der Waals surface area (Å²) in [6, 6.07) is 13.2. The molecule has 124 valence electrons. The Balaban J connectivity index is 1.86. The zero-order chi connectivity index (χ0) is 17.5. The summed E-state index contributed by atoms with van der Waals surface area (Å²) in [6.07, 6.45) is -1.17. The molecule has 0 aliphatic carbocycles. The third kappa shape index (κ3) is 4.64. The molecule has 0 aromatic heterocycles. The summed E-state index contributed by atoms with van der Waals surface area (Å²) in [6.45, 7) is 1.33. The highest BCUT2D eigenvalue weighted by Crippen LogP contribution is 2.07. The molecule has 2 aromatic rings. The van der Waals surface area contributed by atoms with E-state index in [-0.39, 0.29) is 5.56 Å². The SMILES string of the molecule is C[C@H](OC(=O)c1cccc(F)c1)C(=O)NNC(=O)c1ccccc1. The molecule has 0 aliphatic heterocycles. The quantitative estimate of drug-likeness (QED) is 0.662. The van der Waals surface area contributed by atoms with Gasteiger partial charge in [0.2, 0.25) is 0 Å². The van der Waals surface area contributed by atoms with Crippen molar-refractivity contribution >= 4 is 17.8 Å². The zero-order valence-corrected chi connectivity index (χ0v) is 12.8. The number of hydrogen-bond donors (Lipinski definition) is 2. The van der Waals surface area contributed by atoms with Gasteiger partial charge in [-0.2, -0.15) is 0 Å². The Hall–Kier alpha value is -3.22. The first-order valence-electron chi connectivity index (χ1n) is 7.09. The van der Waals surface area contributed by atoms with E-state index in [0.29, 0.717) is 5.56 Å². The molecule has 2 N–H and O–H groups in total. The Morgan fingerprint density at radius 1 is 0.958 bits per heavy atom. The molecule has 1 atom stereocenters. The molecule has 2 amide bonds. The van der Waals surface area contributed by atoms with Gasteiger partial charge >= 0.3 is 5.97 Å². The first-order chi connectivity index (χ1) is 11.5. The molecule has 0 spiro atoms. The first-order valence-corrected chi connectivity index (χ1v) is 7.09. The third-order valence-electron chi connectivity index (χ3n) is 3.05. The lowest BCUT2D eigenvalue weighted by Gasteiger charge is -2.14. The number of halogens is 1. The van der Waals surface area contributed by atoms with Crippen molar-refractivity contribution in [3.8, 4) is 0 Å². The van der Waals surface area contributed by atoms with Gasteiger partial charge in [-0.15, -0.1) is 0 Å². The number of carbonyl (C=O) groups excluding carboxylic acids is 3. The fourth-order valence-corrected chi connectivity index (χ4v) is 1.78. The molecule has 0 unspecified atom stereocenters. The highest BCUT2D eigenvalue weighted by Gasteiger charge is 2.19. The standard InChI is InChI=1S/C17H15FN2O4/c1-11(24-17(23)13-8-5-9-14(18)10-13)15(21)19-20-16(22)12-6-3-2-4-7-12/h2-11H,1H3,(H,19,21)(H,20,22)/t11-/m0/s1. The van der Waals surface area contributed by atoms with Crippen LogP contribution >= 0.6 is 0 Å². The summed E-state index contributed by atoms with van der Waals surface area (Å²) < 4.78 is 18.0. The summed E-state index contributed by atoms with van der Waals surface area (Å²) in [5.74, 6) is -2.65. The molecule has 0 radical (unpaired) electrons. The first kappa shape index (κ1) is 17.1. The van der Waals surface area contributed by atoms with Crippen molar-refractivity contribution in [2.45, 2.75) is 13.0 Å². The van der Waals surface area contributed by atoms with E-state index in [1.54, 1.807) is 30.3 Å². The van der Waals surface area contributed by atoms with E-state index < -0.39 is 29.7 Å². The second-order valence-electron chi connectivity index (χ2n) is 4.87. The van der Waals surface area contributed by atoms with Crippen LogP contribution in [0.25, 0.3) is 0 Å². The Kier molecular flexibility index (Phi) is 5.62. The zero-order valence-electron chi connectivity index (χ0n) is 12.8. The molecule has 24 heavy (non-hydrogen) atoms. The van der Waals surface area contributed by atoms with Crippen LogP contribution in [0.4, 0.5) is 4.39 Å². The van der Waals surface area contributed by atoms with Crippen molar-refractivity contribution in [1.82, 2.24) is 10.9 Å². The number of rotatable bonds is 4. The van der Waals surface area contributed by atoms with Crippen LogP contribution < -0.4 is 10.9 Å². The van der Waals surface area contributed by atoms with Gasteiger partial charge in [-0.25, -0.2) is 9.18 Å². The average Bonchev–Trinajstić information content (AvgIpc) is 2.60. The van der Waals surface area contributed by atoms with Gasteiger partial charge in [0.05, 0.1) is 5.56 Å². The summed E-state index contributed by atoms with van der Waals surface area (Å²) in [5, 5.41) is 0. The van der Waals surface area contributed by atoms with Crippen molar-refractivity contribution in [1.29, 1.82) is 0 Å². The molecule has 0 bridgehead atoms. The van der Waals surface area contributed by atoms with Crippen LogP contribution in [-0.4, -0.2) is 23.9 Å². The van der Waals surface area contributed by atoms with Crippen LogP contribution in [0.3, 0.4) is 0 Å². The maximum Gasteiger partial charge on any atom is 0.339 e. The maximum absolute atomic E-state index is 13.1. The van der Waals surface area contributed by atoms with Gasteiger partial charge in [-0.05, 0) is 37.3 Å². The monoisotopic (exact) mass is 330 g/mol. The Labute approximate surface area is 137 Å². The van der Waals surface area contributed by atoms with Crippen molar-refractivity contribution < 1.29 is 23.5 Å². The van der Waals surface area contributed by atoms with Crippen LogP contribution in [0, 0.1) is 5.82 Å². The number of hydrazine groups is 1. The molecular weight excluding hydrogens is 315 g/mol. The summed E-state index contributed by atoms with van der Waals surface area (Å²) in [4.78, 5) is 35.4. The Morgan fingerprint density at radius 3 is 2.29 bits per heavy atom. The van der Waals surface area contributed by atoms with E-state index in [1.807, 2.05) is 0 Å². The fraction of sp³-hybridized carbons (Fsp3) is 0.118. The Morgan fingerprint density at radius 2 is 1.62 bits per heavy atom. The molecular formula is C17H15FN2O4. The molecule has 0 aliphatic rings. The predicted molar refractivity (Wildman–Crippen MR) is 83.3 cm³/mol. The second kappa shape index (κ2) is 7.87. The van der Waals surface area contributed by atoms with Crippen molar-refractivity contribution in [2.24, 2.45) is 0 Å². The lowest BCUT2D eigenvalue weighted by atomic mass is 10.2. The normalized spacial score (nSPS) is 11.2. The van der Waals surface area contributed by atoms with Gasteiger partial charge in [0.15, 0.2) is 6.10 Å². The molecule has 2 rings (SSSR count). The highest BCUT2D eigenvalue weighted by molar-refractivity contribution is 5.96. The number of nitrogens with one attached hydrogen (secondary N) is 2. The summed E-state index contributed by atoms with van der Waals surface area (Å²) >= 11 is 0. The van der Waals surface area contributed by atoms with Gasteiger partial charge in [0.25, 0.3) is 11.8 Å². The van der Waals surface area contributed by atoms with Crippen LogP contribution in [0.2, 0.25) is 0 Å². The maximum atomic E-state index is 13.1. The number of amides is 2. The average molecular weight is 330 g/mol. The highest BCUT2D eigenvalue weighted by atomic mass is 19.1. The molecule has 0 fully saturated rings. The lowest BCUT2D eigenvalue weighted by molar-refractivity contribution is -0.129. The van der Waals surface area contributed by atoms with Crippen molar-refractivity contribution in [3.63, 3.8) is 0 Å². The second-order valence-corrected chi connectivity index (χ2v) is 4.87. The number of carbonyl (C=O) groups is 3. The molecule has 2 aromatic carbocycles. The van der Waals surface area contributed by atoms with E-state index in [9.17, 15) is 18.8 Å². The van der Waals surface area contributed by atoms with Gasteiger partial charge in [-0.3, -0.25) is 20.4 Å². The third-order valence-corrected chi connectivity index (χ3v) is 3.05. The lowest BCUT2D eigenvalue weighted by Crippen LogP contribution is -2.46. The number of hydrogen-bond acceptors (Lipinski definition) is 4. The van der Waals surface area contributed by atoms with Crippen LogP contribution in [0.5, 0.6) is 0 Å². The number of ether oxygens (including phenoxy) is 1. The topological polar surface area (TPSA) is 84.5 Å². The van der Waals surface area contributed by atoms with E-state index in [2.05, 4.69) is 10.9 Å². The molecule has 0 saturated heterocycles.